The predicted octanol–water partition coefficient (Wildman–Crippen LogP) is 0.00310. The fourth-order valence-corrected chi connectivity index (χ4v) is 1.91. The van der Waals surface area contributed by atoms with E-state index in [9.17, 15) is 0 Å². The smallest absolute Gasteiger partial charge is 0.0584 e. The molecule has 1 fully saturated rings. The Bertz CT molecular complexity index is 140. The van der Waals surface area contributed by atoms with Crippen LogP contribution in [-0.2, 0) is 0 Å². The molecule has 1 saturated heterocycles. The van der Waals surface area contributed by atoms with Gasteiger partial charge >= 0.3 is 0 Å². The van der Waals surface area contributed by atoms with Crippen molar-refractivity contribution < 1.29 is 5.11 Å². The zero-order valence-electron chi connectivity index (χ0n) is 8.32. The Labute approximate surface area is 75.0 Å². The first kappa shape index (κ1) is 9.96. The highest BCUT2D eigenvalue weighted by Gasteiger charge is 2.24. The van der Waals surface area contributed by atoms with Crippen molar-refractivity contribution in [1.29, 1.82) is 0 Å². The molecule has 0 bridgehead atoms. The third-order valence-electron chi connectivity index (χ3n) is 2.71. The molecule has 3 heteroatoms. The van der Waals surface area contributed by atoms with Crippen LogP contribution in [0.3, 0.4) is 0 Å². The Morgan fingerprint density at radius 2 is 2.17 bits per heavy atom. The zero-order chi connectivity index (χ0) is 9.14. The van der Waals surface area contributed by atoms with Gasteiger partial charge < -0.3 is 10.0 Å². The summed E-state index contributed by atoms with van der Waals surface area (Å²) in [5, 5.41) is 9.02. The number of aliphatic hydroxyl groups excluding tert-OH is 1. The van der Waals surface area contributed by atoms with E-state index in [4.69, 9.17) is 5.11 Å². The molecule has 0 spiro atoms. The minimum atomic E-state index is 0.272. The van der Waals surface area contributed by atoms with Crippen LogP contribution < -0.4 is 0 Å². The van der Waals surface area contributed by atoms with Crippen molar-refractivity contribution in [2.24, 2.45) is 0 Å². The molecular weight excluding hydrogens is 152 g/mol. The highest BCUT2D eigenvalue weighted by molar-refractivity contribution is 4.80. The van der Waals surface area contributed by atoms with E-state index >= 15 is 0 Å². The van der Waals surface area contributed by atoms with Crippen LogP contribution in [0.15, 0.2) is 0 Å². The topological polar surface area (TPSA) is 26.7 Å². The predicted molar refractivity (Wildman–Crippen MR) is 50.2 cm³/mol. The van der Waals surface area contributed by atoms with Gasteiger partial charge in [0.2, 0.25) is 0 Å². The van der Waals surface area contributed by atoms with Gasteiger partial charge in [-0.05, 0) is 20.9 Å². The molecule has 1 rings (SSSR count). The van der Waals surface area contributed by atoms with Crippen LogP contribution in [0.4, 0.5) is 0 Å². The molecule has 0 saturated carbocycles. The summed E-state index contributed by atoms with van der Waals surface area (Å²) in [6.45, 7) is 7.90. The third kappa shape index (κ3) is 2.19. The molecule has 3 nitrogen and oxygen atoms in total. The lowest BCUT2D eigenvalue weighted by Gasteiger charge is -2.41. The highest BCUT2D eigenvalue weighted by atomic mass is 16.3. The van der Waals surface area contributed by atoms with Crippen LogP contribution in [0.25, 0.3) is 0 Å². The molecule has 0 amide bonds. The van der Waals surface area contributed by atoms with Crippen molar-refractivity contribution in [3.05, 3.63) is 0 Å². The molecule has 0 aromatic rings. The van der Waals surface area contributed by atoms with E-state index in [1.54, 1.807) is 0 Å². The maximum Gasteiger partial charge on any atom is 0.0584 e. The molecule has 0 aromatic carbocycles. The SMILES string of the molecule is C[C@@H]1CN(C)CCN1[C@@H](C)CO. The normalized spacial score (nSPS) is 30.5. The minimum Gasteiger partial charge on any atom is -0.395 e. The second kappa shape index (κ2) is 4.21. The lowest BCUT2D eigenvalue weighted by atomic mass is 10.1. The molecule has 0 radical (unpaired) electrons. The van der Waals surface area contributed by atoms with Crippen molar-refractivity contribution >= 4 is 0 Å². The molecule has 0 aliphatic carbocycles. The van der Waals surface area contributed by atoms with Gasteiger partial charge in [-0.25, -0.2) is 0 Å². The van der Waals surface area contributed by atoms with Gasteiger partial charge in [-0.2, -0.15) is 0 Å². The number of hydrogen-bond acceptors (Lipinski definition) is 3. The van der Waals surface area contributed by atoms with Crippen molar-refractivity contribution in [2.45, 2.75) is 25.9 Å². The van der Waals surface area contributed by atoms with Gasteiger partial charge in [0.1, 0.15) is 0 Å². The molecule has 0 unspecified atom stereocenters. The van der Waals surface area contributed by atoms with E-state index < -0.39 is 0 Å². The molecular formula is C9H20N2O. The first-order valence-electron chi connectivity index (χ1n) is 4.70. The fraction of sp³-hybridized carbons (Fsp3) is 1.00. The van der Waals surface area contributed by atoms with Gasteiger partial charge in [0.05, 0.1) is 6.61 Å². The Kier molecular flexibility index (Phi) is 3.50. The van der Waals surface area contributed by atoms with Crippen molar-refractivity contribution in [3.8, 4) is 0 Å². The van der Waals surface area contributed by atoms with Crippen LogP contribution in [-0.4, -0.2) is 60.3 Å². The molecule has 1 aliphatic rings. The summed E-state index contributed by atoms with van der Waals surface area (Å²) in [4.78, 5) is 4.71. The first-order valence-corrected chi connectivity index (χ1v) is 4.70. The average Bonchev–Trinajstić information content (AvgIpc) is 2.03. The Morgan fingerprint density at radius 1 is 1.50 bits per heavy atom. The van der Waals surface area contributed by atoms with E-state index in [-0.39, 0.29) is 6.61 Å². The number of piperazine rings is 1. The highest BCUT2D eigenvalue weighted by Crippen LogP contribution is 2.10. The number of likely N-dealkylation sites (N-methyl/N-ethyl adjacent to an activating group) is 1. The van der Waals surface area contributed by atoms with E-state index in [1.807, 2.05) is 0 Å². The summed E-state index contributed by atoms with van der Waals surface area (Å²) >= 11 is 0. The van der Waals surface area contributed by atoms with Gasteiger partial charge in [0.25, 0.3) is 0 Å². The summed E-state index contributed by atoms with van der Waals surface area (Å²) in [5.74, 6) is 0. The molecule has 72 valence electrons. The van der Waals surface area contributed by atoms with Crippen LogP contribution >= 0.6 is 0 Å². The van der Waals surface area contributed by atoms with Gasteiger partial charge in [0.15, 0.2) is 0 Å². The van der Waals surface area contributed by atoms with Gasteiger partial charge in [-0.15, -0.1) is 0 Å². The Hall–Kier alpha value is -0.120. The van der Waals surface area contributed by atoms with E-state index in [0.29, 0.717) is 12.1 Å². The molecule has 12 heavy (non-hydrogen) atoms. The summed E-state index contributed by atoms with van der Waals surface area (Å²) in [6.07, 6.45) is 0. The third-order valence-corrected chi connectivity index (χ3v) is 2.71. The molecule has 0 aromatic heterocycles. The number of aliphatic hydroxyl groups is 1. The van der Waals surface area contributed by atoms with Crippen LogP contribution in [0, 0.1) is 0 Å². The molecule has 1 heterocycles. The average molecular weight is 172 g/mol. The summed E-state index contributed by atoms with van der Waals surface area (Å²) in [7, 11) is 2.15. The quantitative estimate of drug-likeness (QED) is 0.635. The van der Waals surface area contributed by atoms with Crippen molar-refractivity contribution in [2.75, 3.05) is 33.3 Å². The summed E-state index contributed by atoms with van der Waals surface area (Å²) in [6, 6.07) is 0.889. The van der Waals surface area contributed by atoms with Crippen molar-refractivity contribution in [3.63, 3.8) is 0 Å². The van der Waals surface area contributed by atoms with Gasteiger partial charge in [0, 0.05) is 31.7 Å². The van der Waals surface area contributed by atoms with E-state index in [1.165, 1.54) is 0 Å². The molecule has 2 atom stereocenters. The van der Waals surface area contributed by atoms with E-state index in [2.05, 4.69) is 30.7 Å². The Morgan fingerprint density at radius 3 is 2.67 bits per heavy atom. The Balaban J connectivity index is 2.44. The van der Waals surface area contributed by atoms with Crippen LogP contribution in [0.1, 0.15) is 13.8 Å². The lowest BCUT2D eigenvalue weighted by molar-refractivity contribution is 0.0425. The fourth-order valence-electron chi connectivity index (χ4n) is 1.91. The summed E-state index contributed by atoms with van der Waals surface area (Å²) in [5.41, 5.74) is 0. The van der Waals surface area contributed by atoms with Crippen molar-refractivity contribution in [1.82, 2.24) is 9.80 Å². The second-order valence-electron chi connectivity index (χ2n) is 3.88. The lowest BCUT2D eigenvalue weighted by Crippen LogP contribution is -2.54. The van der Waals surface area contributed by atoms with Gasteiger partial charge in [-0.1, -0.05) is 0 Å². The number of nitrogens with zero attached hydrogens (tertiary/aromatic N) is 2. The van der Waals surface area contributed by atoms with Crippen LogP contribution in [0.2, 0.25) is 0 Å². The zero-order valence-corrected chi connectivity index (χ0v) is 8.32. The number of rotatable bonds is 2. The van der Waals surface area contributed by atoms with E-state index in [0.717, 1.165) is 19.6 Å². The number of hydrogen-bond donors (Lipinski definition) is 1. The van der Waals surface area contributed by atoms with Gasteiger partial charge in [-0.3, -0.25) is 4.90 Å². The largest absolute Gasteiger partial charge is 0.395 e. The standard InChI is InChI=1S/C9H20N2O/c1-8-6-10(3)4-5-11(8)9(2)7-12/h8-9,12H,4-7H2,1-3H3/t8-,9+/m1/s1. The summed E-state index contributed by atoms with van der Waals surface area (Å²) < 4.78 is 0. The molecule has 1 aliphatic heterocycles. The first-order chi connectivity index (χ1) is 5.65. The monoisotopic (exact) mass is 172 g/mol. The maximum atomic E-state index is 9.02. The maximum absolute atomic E-state index is 9.02. The molecule has 1 N–H and O–H groups in total. The minimum absolute atomic E-state index is 0.272. The van der Waals surface area contributed by atoms with Crippen LogP contribution in [0.5, 0.6) is 0 Å². The second-order valence-corrected chi connectivity index (χ2v) is 3.88.